The van der Waals surface area contributed by atoms with Gasteiger partial charge in [-0.25, -0.2) is 4.79 Å². The molecule has 1 aromatic heterocycles. The first kappa shape index (κ1) is 16.4. The predicted molar refractivity (Wildman–Crippen MR) is 94.4 cm³/mol. The van der Waals surface area contributed by atoms with Crippen molar-refractivity contribution in [2.24, 2.45) is 0 Å². The van der Waals surface area contributed by atoms with Crippen LogP contribution in [-0.4, -0.2) is 46.2 Å². The highest BCUT2D eigenvalue weighted by molar-refractivity contribution is 6.09. The van der Waals surface area contributed by atoms with Crippen LogP contribution in [0.25, 0.3) is 22.4 Å². The highest BCUT2D eigenvalue weighted by Crippen LogP contribution is 2.37. The van der Waals surface area contributed by atoms with E-state index < -0.39 is 5.97 Å². The Morgan fingerprint density at radius 1 is 0.960 bits per heavy atom. The smallest absolute Gasteiger partial charge is 0.336 e. The highest BCUT2D eigenvalue weighted by atomic mass is 16.4. The number of benzene rings is 2. The molecule has 6 heteroatoms. The zero-order valence-electron chi connectivity index (χ0n) is 13.9. The van der Waals surface area contributed by atoms with E-state index in [0.717, 1.165) is 5.56 Å². The van der Waals surface area contributed by atoms with Crippen LogP contribution in [0.2, 0.25) is 0 Å². The minimum absolute atomic E-state index is 0.0984. The third-order valence-electron chi connectivity index (χ3n) is 3.89. The van der Waals surface area contributed by atoms with Gasteiger partial charge in [-0.1, -0.05) is 30.3 Å². The lowest BCUT2D eigenvalue weighted by atomic mass is 9.88. The molecular formula is C19H17N3O3. The third-order valence-corrected chi connectivity index (χ3v) is 3.89. The fraction of sp³-hybridized carbons (Fsp3) is 0.105. The molecule has 126 valence electrons. The topological polar surface area (TPSA) is 86.3 Å². The van der Waals surface area contributed by atoms with E-state index in [4.69, 9.17) is 0 Å². The molecule has 0 saturated heterocycles. The minimum atomic E-state index is -1.07. The van der Waals surface area contributed by atoms with Crippen LogP contribution >= 0.6 is 0 Å². The number of aromatic amines is 1. The minimum Gasteiger partial charge on any atom is -0.478 e. The van der Waals surface area contributed by atoms with Crippen LogP contribution in [0, 0.1) is 0 Å². The summed E-state index contributed by atoms with van der Waals surface area (Å²) >= 11 is 0. The van der Waals surface area contributed by atoms with Crippen molar-refractivity contribution in [3.8, 4) is 22.4 Å². The first-order valence-electron chi connectivity index (χ1n) is 7.68. The molecule has 3 rings (SSSR count). The summed E-state index contributed by atoms with van der Waals surface area (Å²) in [5, 5.41) is 16.5. The fourth-order valence-electron chi connectivity index (χ4n) is 2.77. The molecule has 0 unspecified atom stereocenters. The number of amides is 1. The van der Waals surface area contributed by atoms with Gasteiger partial charge in [0.05, 0.1) is 11.3 Å². The first-order valence-corrected chi connectivity index (χ1v) is 7.68. The average Bonchev–Trinajstić information content (AvgIpc) is 3.14. The lowest BCUT2D eigenvalue weighted by Crippen LogP contribution is -2.23. The molecular weight excluding hydrogens is 318 g/mol. The molecule has 25 heavy (non-hydrogen) atoms. The molecule has 0 atom stereocenters. The normalized spacial score (nSPS) is 10.5. The van der Waals surface area contributed by atoms with Crippen LogP contribution in [0.15, 0.2) is 54.7 Å². The summed E-state index contributed by atoms with van der Waals surface area (Å²) in [6.45, 7) is 0. The van der Waals surface area contributed by atoms with Gasteiger partial charge in [-0.15, -0.1) is 0 Å². The quantitative estimate of drug-likeness (QED) is 0.767. The van der Waals surface area contributed by atoms with Gasteiger partial charge in [-0.05, 0) is 23.8 Å². The van der Waals surface area contributed by atoms with Gasteiger partial charge >= 0.3 is 5.97 Å². The van der Waals surface area contributed by atoms with Crippen LogP contribution in [-0.2, 0) is 0 Å². The summed E-state index contributed by atoms with van der Waals surface area (Å²) < 4.78 is 0. The number of carbonyl (C=O) groups excluding carboxylic acids is 1. The van der Waals surface area contributed by atoms with Crippen molar-refractivity contribution in [2.45, 2.75) is 0 Å². The molecule has 1 heterocycles. The van der Waals surface area contributed by atoms with Crippen molar-refractivity contribution < 1.29 is 14.7 Å². The molecule has 6 nitrogen and oxygen atoms in total. The number of carboxylic acid groups (broad SMARTS) is 1. The van der Waals surface area contributed by atoms with Gasteiger partial charge in [0.15, 0.2) is 0 Å². The number of carboxylic acids is 1. The molecule has 0 aliphatic rings. The Kier molecular flexibility index (Phi) is 4.35. The zero-order valence-corrected chi connectivity index (χ0v) is 13.9. The van der Waals surface area contributed by atoms with Gasteiger partial charge in [-0.2, -0.15) is 5.10 Å². The maximum absolute atomic E-state index is 12.7. The second-order valence-electron chi connectivity index (χ2n) is 5.74. The Hall–Kier alpha value is -3.41. The number of rotatable bonds is 4. The number of H-pyrrole nitrogens is 1. The maximum Gasteiger partial charge on any atom is 0.336 e. The van der Waals surface area contributed by atoms with Crippen LogP contribution in [0.4, 0.5) is 0 Å². The first-order chi connectivity index (χ1) is 12.0. The van der Waals surface area contributed by atoms with Crippen molar-refractivity contribution in [3.63, 3.8) is 0 Å². The molecule has 0 bridgehead atoms. The molecule has 0 aliphatic carbocycles. The summed E-state index contributed by atoms with van der Waals surface area (Å²) in [6.07, 6.45) is 1.62. The fourth-order valence-corrected chi connectivity index (χ4v) is 2.77. The summed E-state index contributed by atoms with van der Waals surface area (Å²) in [5.74, 6) is -1.27. The van der Waals surface area contributed by atoms with E-state index in [2.05, 4.69) is 10.2 Å². The van der Waals surface area contributed by atoms with Gasteiger partial charge in [0.1, 0.15) is 0 Å². The predicted octanol–water partition coefficient (Wildman–Crippen LogP) is 3.14. The molecule has 2 N–H and O–H groups in total. The van der Waals surface area contributed by atoms with E-state index in [1.165, 1.54) is 11.0 Å². The Balaban J connectivity index is 2.42. The van der Waals surface area contributed by atoms with E-state index in [1.807, 2.05) is 30.3 Å². The lowest BCUT2D eigenvalue weighted by Gasteiger charge is -2.18. The van der Waals surface area contributed by atoms with Crippen molar-refractivity contribution in [1.82, 2.24) is 15.1 Å². The monoisotopic (exact) mass is 335 g/mol. The van der Waals surface area contributed by atoms with Crippen molar-refractivity contribution >= 4 is 11.9 Å². The summed E-state index contributed by atoms with van der Waals surface area (Å²) in [4.78, 5) is 25.9. The van der Waals surface area contributed by atoms with Crippen molar-refractivity contribution in [3.05, 3.63) is 65.9 Å². The molecule has 2 aromatic carbocycles. The number of hydrogen-bond acceptors (Lipinski definition) is 3. The summed E-state index contributed by atoms with van der Waals surface area (Å²) in [6, 6.07) is 14.0. The number of nitrogens with zero attached hydrogens (tertiary/aromatic N) is 2. The van der Waals surface area contributed by atoms with Gasteiger partial charge in [0.25, 0.3) is 5.91 Å². The van der Waals surface area contributed by atoms with E-state index >= 15 is 0 Å². The number of carbonyl (C=O) groups is 2. The molecule has 0 radical (unpaired) electrons. The van der Waals surface area contributed by atoms with Gasteiger partial charge < -0.3 is 10.0 Å². The van der Waals surface area contributed by atoms with Crippen LogP contribution in [0.5, 0.6) is 0 Å². The Labute approximate surface area is 144 Å². The van der Waals surface area contributed by atoms with Crippen molar-refractivity contribution in [2.75, 3.05) is 14.1 Å². The SMILES string of the molecule is CN(C)C(=O)c1ccc(C(=O)O)c(-c2cc[nH]n2)c1-c1ccccc1. The third kappa shape index (κ3) is 3.01. The highest BCUT2D eigenvalue weighted by Gasteiger charge is 2.25. The van der Waals surface area contributed by atoms with Crippen molar-refractivity contribution in [1.29, 1.82) is 0 Å². The Morgan fingerprint density at radius 2 is 1.64 bits per heavy atom. The number of aromatic nitrogens is 2. The average molecular weight is 335 g/mol. The van der Waals surface area contributed by atoms with Gasteiger partial charge in [0.2, 0.25) is 0 Å². The molecule has 0 fully saturated rings. The van der Waals surface area contributed by atoms with Crippen LogP contribution in [0.3, 0.4) is 0 Å². The molecule has 0 spiro atoms. The number of nitrogens with one attached hydrogen (secondary N) is 1. The zero-order chi connectivity index (χ0) is 18.0. The number of hydrogen-bond donors (Lipinski definition) is 2. The second kappa shape index (κ2) is 6.60. The standard InChI is InChI=1S/C19H17N3O3/c1-22(2)18(23)13-8-9-14(19(24)25)17(15-10-11-20-21-15)16(13)12-6-4-3-5-7-12/h3-11H,1-2H3,(H,20,21)(H,24,25). The van der Waals surface area contributed by atoms with E-state index in [1.54, 1.807) is 32.4 Å². The Bertz CT molecular complexity index is 917. The van der Waals surface area contributed by atoms with E-state index in [0.29, 0.717) is 22.4 Å². The van der Waals surface area contributed by atoms with E-state index in [9.17, 15) is 14.7 Å². The molecule has 0 aliphatic heterocycles. The van der Waals surface area contributed by atoms with E-state index in [-0.39, 0.29) is 11.5 Å². The molecule has 3 aromatic rings. The summed E-state index contributed by atoms with van der Waals surface area (Å²) in [7, 11) is 3.33. The largest absolute Gasteiger partial charge is 0.478 e. The number of aromatic carboxylic acids is 1. The lowest BCUT2D eigenvalue weighted by molar-refractivity contribution is 0.0696. The van der Waals surface area contributed by atoms with Gasteiger partial charge in [-0.3, -0.25) is 9.89 Å². The van der Waals surface area contributed by atoms with Crippen LogP contribution in [0.1, 0.15) is 20.7 Å². The second-order valence-corrected chi connectivity index (χ2v) is 5.74. The molecule has 0 saturated carbocycles. The van der Waals surface area contributed by atoms with Gasteiger partial charge in [0, 0.05) is 37.0 Å². The van der Waals surface area contributed by atoms with Crippen LogP contribution < -0.4 is 0 Å². The molecule has 1 amide bonds. The maximum atomic E-state index is 12.7. The Morgan fingerprint density at radius 3 is 2.20 bits per heavy atom. The summed E-state index contributed by atoms with van der Waals surface area (Å²) in [5.41, 5.74) is 2.75.